The Morgan fingerprint density at radius 2 is 1.78 bits per heavy atom. The van der Waals surface area contributed by atoms with Gasteiger partial charge in [0, 0.05) is 18.7 Å². The van der Waals surface area contributed by atoms with E-state index >= 15 is 0 Å². The zero-order valence-electron chi connectivity index (χ0n) is 13.9. The van der Waals surface area contributed by atoms with Crippen LogP contribution >= 0.6 is 0 Å². The summed E-state index contributed by atoms with van der Waals surface area (Å²) in [6.07, 6.45) is 1.95. The van der Waals surface area contributed by atoms with Gasteiger partial charge in [-0.2, -0.15) is 0 Å². The lowest BCUT2D eigenvalue weighted by molar-refractivity contribution is 0.242. The summed E-state index contributed by atoms with van der Waals surface area (Å²) in [5.74, 6) is 1.81. The van der Waals surface area contributed by atoms with Crippen LogP contribution in [0.4, 0.5) is 0 Å². The van der Waals surface area contributed by atoms with Crippen LogP contribution in [-0.4, -0.2) is 12.7 Å². The van der Waals surface area contributed by atoms with Crippen LogP contribution in [0.25, 0.3) is 0 Å². The van der Waals surface area contributed by atoms with Crippen molar-refractivity contribution in [2.45, 2.75) is 33.0 Å². The average molecular weight is 311 g/mol. The van der Waals surface area contributed by atoms with Crippen molar-refractivity contribution in [2.75, 3.05) is 6.61 Å². The van der Waals surface area contributed by atoms with Gasteiger partial charge in [0.2, 0.25) is 0 Å². The van der Waals surface area contributed by atoms with E-state index in [1.165, 1.54) is 5.56 Å². The van der Waals surface area contributed by atoms with E-state index in [2.05, 4.69) is 30.1 Å². The molecule has 1 N–H and O–H groups in total. The molecule has 0 aliphatic heterocycles. The third-order valence-electron chi connectivity index (χ3n) is 3.27. The highest BCUT2D eigenvalue weighted by atomic mass is 16.5. The van der Waals surface area contributed by atoms with Crippen LogP contribution in [0.1, 0.15) is 25.0 Å². The van der Waals surface area contributed by atoms with Crippen molar-refractivity contribution in [1.82, 2.24) is 5.32 Å². The average Bonchev–Trinajstić information content (AvgIpc) is 2.55. The van der Waals surface area contributed by atoms with Crippen molar-refractivity contribution in [3.8, 4) is 11.5 Å². The number of nitrogens with one attached hydrogen (secondary N) is 1. The van der Waals surface area contributed by atoms with Crippen LogP contribution in [0.2, 0.25) is 0 Å². The molecule has 0 aromatic heterocycles. The van der Waals surface area contributed by atoms with Crippen LogP contribution in [0, 0.1) is 0 Å². The molecule has 0 bridgehead atoms. The third kappa shape index (κ3) is 5.80. The van der Waals surface area contributed by atoms with Gasteiger partial charge in [0.15, 0.2) is 0 Å². The van der Waals surface area contributed by atoms with Crippen molar-refractivity contribution >= 4 is 0 Å². The van der Waals surface area contributed by atoms with Gasteiger partial charge in [0.05, 0.1) is 6.10 Å². The molecule has 2 rings (SSSR count). The number of hydrogen-bond acceptors (Lipinski definition) is 3. The predicted octanol–water partition coefficient (Wildman–Crippen LogP) is 4.33. The van der Waals surface area contributed by atoms with Crippen LogP contribution in [-0.2, 0) is 13.1 Å². The summed E-state index contributed by atoms with van der Waals surface area (Å²) in [6.45, 7) is 9.83. The van der Waals surface area contributed by atoms with Gasteiger partial charge in [0.1, 0.15) is 18.1 Å². The Bertz CT molecular complexity index is 605. The summed E-state index contributed by atoms with van der Waals surface area (Å²) in [7, 11) is 0. The zero-order valence-corrected chi connectivity index (χ0v) is 13.9. The summed E-state index contributed by atoms with van der Waals surface area (Å²) in [4.78, 5) is 0. The van der Waals surface area contributed by atoms with Gasteiger partial charge < -0.3 is 14.8 Å². The van der Waals surface area contributed by atoms with E-state index in [9.17, 15) is 0 Å². The molecule has 3 nitrogen and oxygen atoms in total. The minimum atomic E-state index is 0.200. The molecule has 0 saturated carbocycles. The van der Waals surface area contributed by atoms with E-state index < -0.39 is 0 Å². The predicted molar refractivity (Wildman–Crippen MR) is 94.9 cm³/mol. The van der Waals surface area contributed by atoms with E-state index in [1.807, 2.05) is 44.2 Å². The Hall–Kier alpha value is -2.26. The summed E-state index contributed by atoms with van der Waals surface area (Å²) in [5.41, 5.74) is 2.37. The smallest absolute Gasteiger partial charge is 0.124 e. The Morgan fingerprint density at radius 1 is 1.04 bits per heavy atom. The van der Waals surface area contributed by atoms with Crippen LogP contribution in [0.15, 0.2) is 61.2 Å². The Labute approximate surface area is 138 Å². The van der Waals surface area contributed by atoms with Crippen LogP contribution in [0.5, 0.6) is 11.5 Å². The Balaban J connectivity index is 1.86. The first-order valence-electron chi connectivity index (χ1n) is 7.97. The summed E-state index contributed by atoms with van der Waals surface area (Å²) in [6, 6.07) is 16.3. The molecule has 0 aliphatic carbocycles. The van der Waals surface area contributed by atoms with Crippen molar-refractivity contribution in [3.05, 3.63) is 72.3 Å². The topological polar surface area (TPSA) is 30.5 Å². The maximum Gasteiger partial charge on any atom is 0.124 e. The lowest BCUT2D eigenvalue weighted by Crippen LogP contribution is -2.13. The fraction of sp³-hybridized carbons (Fsp3) is 0.300. The maximum atomic E-state index is 5.67. The Morgan fingerprint density at radius 3 is 2.48 bits per heavy atom. The maximum absolute atomic E-state index is 5.67. The lowest BCUT2D eigenvalue weighted by atomic mass is 10.2. The molecule has 2 aromatic rings. The minimum absolute atomic E-state index is 0.200. The van der Waals surface area contributed by atoms with Crippen molar-refractivity contribution in [3.63, 3.8) is 0 Å². The third-order valence-corrected chi connectivity index (χ3v) is 3.27. The molecule has 0 amide bonds. The van der Waals surface area contributed by atoms with E-state index in [1.54, 1.807) is 6.08 Å². The fourth-order valence-electron chi connectivity index (χ4n) is 2.24. The quantitative estimate of drug-likeness (QED) is 0.699. The second-order valence-corrected chi connectivity index (χ2v) is 5.62. The van der Waals surface area contributed by atoms with Gasteiger partial charge in [-0.05, 0) is 37.6 Å². The highest BCUT2D eigenvalue weighted by Crippen LogP contribution is 2.18. The highest BCUT2D eigenvalue weighted by Gasteiger charge is 2.03. The zero-order chi connectivity index (χ0) is 16.5. The van der Waals surface area contributed by atoms with Crippen LogP contribution in [0.3, 0.4) is 0 Å². The normalized spacial score (nSPS) is 10.6. The molecule has 3 heteroatoms. The highest BCUT2D eigenvalue weighted by molar-refractivity contribution is 5.33. The summed E-state index contributed by atoms with van der Waals surface area (Å²) < 4.78 is 11.3. The lowest BCUT2D eigenvalue weighted by Gasteiger charge is -2.12. The standard InChI is InChI=1S/C20H25NO2/c1-4-13-22-20-8-6-5-7-18(20)15-21-14-17-9-11-19(12-10-17)23-16(2)3/h4-12,16,21H,1,13-15H2,2-3H3. The number of benzene rings is 2. The molecule has 0 unspecified atom stereocenters. The molecule has 0 fully saturated rings. The van der Waals surface area contributed by atoms with Gasteiger partial charge in [-0.15, -0.1) is 0 Å². The van der Waals surface area contributed by atoms with Gasteiger partial charge in [-0.3, -0.25) is 0 Å². The van der Waals surface area contributed by atoms with E-state index in [0.717, 1.165) is 30.2 Å². The van der Waals surface area contributed by atoms with Gasteiger partial charge >= 0.3 is 0 Å². The number of para-hydroxylation sites is 1. The Kier molecular flexibility index (Phi) is 6.70. The molecule has 0 saturated heterocycles. The molecule has 23 heavy (non-hydrogen) atoms. The van der Waals surface area contributed by atoms with Gasteiger partial charge in [0.25, 0.3) is 0 Å². The van der Waals surface area contributed by atoms with Crippen molar-refractivity contribution in [2.24, 2.45) is 0 Å². The first-order chi connectivity index (χ1) is 11.2. The first kappa shape index (κ1) is 17.1. The van der Waals surface area contributed by atoms with E-state index in [0.29, 0.717) is 6.61 Å². The minimum Gasteiger partial charge on any atom is -0.491 e. The summed E-state index contributed by atoms with van der Waals surface area (Å²) >= 11 is 0. The largest absolute Gasteiger partial charge is 0.491 e. The summed E-state index contributed by atoms with van der Waals surface area (Å²) in [5, 5.41) is 3.45. The fourth-order valence-corrected chi connectivity index (χ4v) is 2.24. The molecule has 0 atom stereocenters. The SMILES string of the molecule is C=CCOc1ccccc1CNCc1ccc(OC(C)C)cc1. The van der Waals surface area contributed by atoms with Gasteiger partial charge in [-0.1, -0.05) is 43.0 Å². The molecule has 122 valence electrons. The monoisotopic (exact) mass is 311 g/mol. The number of rotatable bonds is 9. The van der Waals surface area contributed by atoms with Crippen molar-refractivity contribution < 1.29 is 9.47 Å². The number of hydrogen-bond donors (Lipinski definition) is 1. The molecule has 0 aliphatic rings. The molecular weight excluding hydrogens is 286 g/mol. The second kappa shape index (κ2) is 9.01. The molecule has 0 radical (unpaired) electrons. The van der Waals surface area contributed by atoms with Crippen LogP contribution < -0.4 is 14.8 Å². The van der Waals surface area contributed by atoms with Gasteiger partial charge in [-0.25, -0.2) is 0 Å². The second-order valence-electron chi connectivity index (χ2n) is 5.62. The number of ether oxygens (including phenoxy) is 2. The molecule has 0 spiro atoms. The molecule has 2 aromatic carbocycles. The first-order valence-corrected chi connectivity index (χ1v) is 7.97. The molecule has 0 heterocycles. The van der Waals surface area contributed by atoms with E-state index in [-0.39, 0.29) is 6.10 Å². The molecular formula is C20H25NO2. The van der Waals surface area contributed by atoms with Crippen molar-refractivity contribution in [1.29, 1.82) is 0 Å². The van der Waals surface area contributed by atoms with E-state index in [4.69, 9.17) is 9.47 Å².